The number of hydrogen-bond acceptors (Lipinski definition) is 5. The molecule has 1 N–H and O–H groups in total. The maximum absolute atomic E-state index is 12.4. The monoisotopic (exact) mass is 416 g/mol. The number of unbranched alkanes of at least 4 members (excludes halogenated alkanes) is 1. The molecule has 2 aromatic rings. The van der Waals surface area contributed by atoms with Crippen LogP contribution < -0.4 is 10.1 Å². The Kier molecular flexibility index (Phi) is 7.45. The average molecular weight is 417 g/mol. The lowest BCUT2D eigenvalue weighted by Gasteiger charge is -2.17. The summed E-state index contributed by atoms with van der Waals surface area (Å²) in [5, 5.41) is 2.70. The standard InChI is InChI=1S/C17H21ClN2O4S2/c1-3-4-11-24-14-8-6-5-7-13(14)19-16(21)12-20(2)26(22,23)17-10-9-15(18)25-17/h5-10H,3-4,11-12H2,1-2H3,(H,19,21). The molecule has 0 atom stereocenters. The highest BCUT2D eigenvalue weighted by atomic mass is 35.5. The smallest absolute Gasteiger partial charge is 0.252 e. The van der Waals surface area contributed by atoms with Crippen LogP contribution in [0, 0.1) is 0 Å². The van der Waals surface area contributed by atoms with Crippen LogP contribution in [-0.4, -0.2) is 38.8 Å². The quantitative estimate of drug-likeness (QED) is 0.630. The second kappa shape index (κ2) is 9.36. The van der Waals surface area contributed by atoms with E-state index in [0.717, 1.165) is 28.5 Å². The van der Waals surface area contributed by atoms with Gasteiger partial charge in [0.25, 0.3) is 10.0 Å². The molecule has 9 heteroatoms. The lowest BCUT2D eigenvalue weighted by Crippen LogP contribution is -2.34. The summed E-state index contributed by atoms with van der Waals surface area (Å²) in [5.41, 5.74) is 0.513. The van der Waals surface area contributed by atoms with Gasteiger partial charge in [0, 0.05) is 7.05 Å². The van der Waals surface area contributed by atoms with Gasteiger partial charge in [-0.05, 0) is 30.7 Å². The van der Waals surface area contributed by atoms with E-state index in [4.69, 9.17) is 16.3 Å². The SMILES string of the molecule is CCCCOc1ccccc1NC(=O)CN(C)S(=O)(=O)c1ccc(Cl)s1. The third-order valence-electron chi connectivity index (χ3n) is 3.50. The van der Waals surface area contributed by atoms with E-state index in [1.54, 1.807) is 18.2 Å². The summed E-state index contributed by atoms with van der Waals surface area (Å²) in [4.78, 5) is 12.3. The van der Waals surface area contributed by atoms with Crippen molar-refractivity contribution in [3.63, 3.8) is 0 Å². The van der Waals surface area contributed by atoms with Crippen LogP contribution in [0.3, 0.4) is 0 Å². The summed E-state index contributed by atoms with van der Waals surface area (Å²) in [6, 6.07) is 10.0. The van der Waals surface area contributed by atoms with Gasteiger partial charge in [0.05, 0.1) is 23.2 Å². The van der Waals surface area contributed by atoms with Gasteiger partial charge >= 0.3 is 0 Å². The second-order valence-electron chi connectivity index (χ2n) is 5.57. The Hall–Kier alpha value is -1.61. The van der Waals surface area contributed by atoms with E-state index in [-0.39, 0.29) is 10.8 Å². The molecule has 1 aromatic carbocycles. The van der Waals surface area contributed by atoms with Gasteiger partial charge in [-0.15, -0.1) is 11.3 Å². The van der Waals surface area contributed by atoms with Gasteiger partial charge in [-0.25, -0.2) is 8.42 Å². The third kappa shape index (κ3) is 5.44. The van der Waals surface area contributed by atoms with Crippen LogP contribution in [-0.2, 0) is 14.8 Å². The fourth-order valence-corrected chi connectivity index (χ4v) is 4.91. The molecule has 2 rings (SSSR count). The van der Waals surface area contributed by atoms with E-state index in [1.165, 1.54) is 19.2 Å². The van der Waals surface area contributed by atoms with Crippen molar-refractivity contribution in [2.75, 3.05) is 25.5 Å². The van der Waals surface area contributed by atoms with E-state index in [1.807, 2.05) is 6.07 Å². The molecule has 142 valence electrons. The number of sulfonamides is 1. The number of carbonyl (C=O) groups excluding carboxylic acids is 1. The maximum atomic E-state index is 12.4. The Bertz CT molecular complexity index is 852. The minimum atomic E-state index is -3.76. The molecule has 0 saturated heterocycles. The molecular formula is C17H21ClN2O4S2. The molecule has 1 aromatic heterocycles. The predicted octanol–water partition coefficient (Wildman–Crippen LogP) is 3.84. The van der Waals surface area contributed by atoms with E-state index in [9.17, 15) is 13.2 Å². The van der Waals surface area contributed by atoms with Crippen LogP contribution in [0.1, 0.15) is 19.8 Å². The molecule has 1 amide bonds. The van der Waals surface area contributed by atoms with E-state index < -0.39 is 15.9 Å². The molecule has 26 heavy (non-hydrogen) atoms. The number of carbonyl (C=O) groups is 1. The van der Waals surface area contributed by atoms with E-state index in [2.05, 4.69) is 12.2 Å². The Balaban J connectivity index is 2.02. The Labute approximate surface area is 162 Å². The van der Waals surface area contributed by atoms with Crippen LogP contribution in [0.15, 0.2) is 40.6 Å². The first-order chi connectivity index (χ1) is 12.3. The molecular weight excluding hydrogens is 396 g/mol. The highest BCUT2D eigenvalue weighted by Gasteiger charge is 2.25. The van der Waals surface area contributed by atoms with Crippen LogP contribution in [0.25, 0.3) is 0 Å². The lowest BCUT2D eigenvalue weighted by molar-refractivity contribution is -0.116. The Morgan fingerprint density at radius 2 is 2.00 bits per heavy atom. The van der Waals surface area contributed by atoms with Gasteiger partial charge in [0.1, 0.15) is 9.96 Å². The van der Waals surface area contributed by atoms with Crippen molar-refractivity contribution in [1.82, 2.24) is 4.31 Å². The van der Waals surface area contributed by atoms with Crippen LogP contribution in [0.5, 0.6) is 5.75 Å². The molecule has 0 radical (unpaired) electrons. The Morgan fingerprint density at radius 1 is 1.27 bits per heavy atom. The van der Waals surface area contributed by atoms with Crippen molar-refractivity contribution in [1.29, 1.82) is 0 Å². The molecule has 0 bridgehead atoms. The number of likely N-dealkylation sites (N-methyl/N-ethyl adjacent to an activating group) is 1. The average Bonchev–Trinajstić information content (AvgIpc) is 3.03. The molecule has 1 heterocycles. The largest absolute Gasteiger partial charge is 0.491 e. The summed E-state index contributed by atoms with van der Waals surface area (Å²) < 4.78 is 32.0. The number of benzene rings is 1. The first-order valence-electron chi connectivity index (χ1n) is 8.08. The summed E-state index contributed by atoms with van der Waals surface area (Å²) in [5.74, 6) is 0.107. The molecule has 0 aliphatic heterocycles. The van der Waals surface area contributed by atoms with Gasteiger partial charge < -0.3 is 10.1 Å². The molecule has 0 aliphatic carbocycles. The number of para-hydroxylation sites is 2. The topological polar surface area (TPSA) is 75.7 Å². The number of hydrogen-bond donors (Lipinski definition) is 1. The van der Waals surface area contributed by atoms with Crippen LogP contribution in [0.2, 0.25) is 4.34 Å². The van der Waals surface area contributed by atoms with Crippen molar-refractivity contribution >= 4 is 44.6 Å². The van der Waals surface area contributed by atoms with Crippen molar-refractivity contribution in [3.8, 4) is 5.75 Å². The second-order valence-corrected chi connectivity index (χ2v) is 9.55. The minimum absolute atomic E-state index is 0.0982. The van der Waals surface area contributed by atoms with E-state index in [0.29, 0.717) is 22.4 Å². The summed E-state index contributed by atoms with van der Waals surface area (Å²) >= 11 is 6.75. The summed E-state index contributed by atoms with van der Waals surface area (Å²) in [6.07, 6.45) is 1.91. The molecule has 0 saturated carbocycles. The highest BCUT2D eigenvalue weighted by molar-refractivity contribution is 7.91. The number of rotatable bonds is 9. The van der Waals surface area contributed by atoms with Gasteiger partial charge in [0.15, 0.2) is 0 Å². The fourth-order valence-electron chi connectivity index (χ4n) is 2.09. The van der Waals surface area contributed by atoms with Crippen LogP contribution in [0.4, 0.5) is 5.69 Å². The van der Waals surface area contributed by atoms with Crippen molar-refractivity contribution < 1.29 is 17.9 Å². The zero-order valence-electron chi connectivity index (χ0n) is 14.6. The summed E-state index contributed by atoms with van der Waals surface area (Å²) in [7, 11) is -2.40. The zero-order chi connectivity index (χ0) is 19.2. The molecule has 6 nitrogen and oxygen atoms in total. The van der Waals surface area contributed by atoms with Gasteiger partial charge in [-0.1, -0.05) is 37.1 Å². The Morgan fingerprint density at radius 3 is 2.65 bits per heavy atom. The lowest BCUT2D eigenvalue weighted by atomic mass is 10.3. The van der Waals surface area contributed by atoms with Gasteiger partial charge in [0.2, 0.25) is 5.91 Å². The fraction of sp³-hybridized carbons (Fsp3) is 0.353. The number of halogens is 1. The van der Waals surface area contributed by atoms with Gasteiger partial charge in [-0.3, -0.25) is 4.79 Å². The van der Waals surface area contributed by atoms with E-state index >= 15 is 0 Å². The first-order valence-corrected chi connectivity index (χ1v) is 10.7. The molecule has 0 fully saturated rings. The van der Waals surface area contributed by atoms with Crippen molar-refractivity contribution in [3.05, 3.63) is 40.7 Å². The number of nitrogens with one attached hydrogen (secondary N) is 1. The van der Waals surface area contributed by atoms with Crippen LogP contribution >= 0.6 is 22.9 Å². The first kappa shape index (κ1) is 20.7. The number of thiophene rings is 1. The number of anilines is 1. The number of nitrogens with zero attached hydrogens (tertiary/aromatic N) is 1. The zero-order valence-corrected chi connectivity index (χ0v) is 17.0. The molecule has 0 aliphatic rings. The normalized spacial score (nSPS) is 11.5. The third-order valence-corrected chi connectivity index (χ3v) is 7.00. The van der Waals surface area contributed by atoms with Crippen molar-refractivity contribution in [2.24, 2.45) is 0 Å². The number of amides is 1. The maximum Gasteiger partial charge on any atom is 0.252 e. The minimum Gasteiger partial charge on any atom is -0.491 e. The van der Waals surface area contributed by atoms with Gasteiger partial charge in [-0.2, -0.15) is 4.31 Å². The predicted molar refractivity (Wildman–Crippen MR) is 105 cm³/mol. The highest BCUT2D eigenvalue weighted by Crippen LogP contribution is 2.28. The molecule has 0 spiro atoms. The number of ether oxygens (including phenoxy) is 1. The summed E-state index contributed by atoms with van der Waals surface area (Å²) in [6.45, 7) is 2.30. The van der Waals surface area contributed by atoms with Crippen molar-refractivity contribution in [2.45, 2.75) is 24.0 Å². The molecule has 0 unspecified atom stereocenters.